The molecule has 2 aromatic carbocycles. The second-order valence-corrected chi connectivity index (χ2v) is 8.97. The Labute approximate surface area is 188 Å². The van der Waals surface area contributed by atoms with E-state index >= 15 is 0 Å². The number of rotatable bonds is 7. The predicted octanol–water partition coefficient (Wildman–Crippen LogP) is 5.23. The van der Waals surface area contributed by atoms with E-state index in [4.69, 9.17) is 9.57 Å². The van der Waals surface area contributed by atoms with Crippen LogP contribution in [0.15, 0.2) is 59.2 Å². The summed E-state index contributed by atoms with van der Waals surface area (Å²) >= 11 is 3.42. The van der Waals surface area contributed by atoms with Crippen molar-refractivity contribution in [2.75, 3.05) is 6.54 Å². The third kappa shape index (κ3) is 6.13. The Kier molecular flexibility index (Phi) is 7.09. The molecule has 1 heterocycles. The Balaban J connectivity index is 1.94. The van der Waals surface area contributed by atoms with Gasteiger partial charge in [0.05, 0.1) is 12.1 Å². The van der Waals surface area contributed by atoms with Gasteiger partial charge in [0.25, 0.3) is 0 Å². The van der Waals surface area contributed by atoms with Crippen LogP contribution < -0.4 is 5.48 Å². The van der Waals surface area contributed by atoms with Crippen LogP contribution in [-0.4, -0.2) is 27.7 Å². The number of nitro groups is 1. The van der Waals surface area contributed by atoms with Gasteiger partial charge in [-0.25, -0.2) is 4.79 Å². The number of ether oxygens (including phenoxy) is 1. The highest BCUT2D eigenvalue weighted by molar-refractivity contribution is 9.10. The fourth-order valence-electron chi connectivity index (χ4n) is 3.11. The smallest absolute Gasteiger partial charge is 0.419 e. The van der Waals surface area contributed by atoms with Crippen molar-refractivity contribution in [1.82, 2.24) is 10.0 Å². The van der Waals surface area contributed by atoms with Crippen LogP contribution in [0.3, 0.4) is 0 Å². The predicted molar refractivity (Wildman–Crippen MR) is 120 cm³/mol. The number of halogens is 1. The first-order valence-corrected chi connectivity index (χ1v) is 10.5. The van der Waals surface area contributed by atoms with Crippen LogP contribution in [0.1, 0.15) is 37.9 Å². The van der Waals surface area contributed by atoms with Crippen LogP contribution in [0.2, 0.25) is 0 Å². The quantitative estimate of drug-likeness (QED) is 0.360. The standard InChI is InChI=1S/C22H24BrN3O5/c1-22(2,3)31-21(27)25-12-18(17-10-9-16(23)11-20(17)25)19(13-26(28)29)24-30-14-15-7-5-4-6-8-15/h4-12,19,24H,13-14H2,1-3H3. The van der Waals surface area contributed by atoms with Crippen molar-refractivity contribution < 1.29 is 19.3 Å². The zero-order valence-electron chi connectivity index (χ0n) is 17.5. The third-order valence-electron chi connectivity index (χ3n) is 4.40. The van der Waals surface area contributed by atoms with Gasteiger partial charge in [-0.1, -0.05) is 52.3 Å². The highest BCUT2D eigenvalue weighted by Crippen LogP contribution is 2.30. The van der Waals surface area contributed by atoms with Crippen molar-refractivity contribution in [2.24, 2.45) is 0 Å². The molecule has 31 heavy (non-hydrogen) atoms. The zero-order valence-corrected chi connectivity index (χ0v) is 19.1. The molecule has 0 aliphatic rings. The number of nitrogens with one attached hydrogen (secondary N) is 1. The first-order valence-electron chi connectivity index (χ1n) is 9.71. The van der Waals surface area contributed by atoms with Crippen LogP contribution in [-0.2, 0) is 16.2 Å². The number of hydroxylamine groups is 1. The number of benzene rings is 2. The van der Waals surface area contributed by atoms with E-state index in [2.05, 4.69) is 21.4 Å². The number of fused-ring (bicyclic) bond motifs is 1. The molecule has 1 unspecified atom stereocenters. The number of nitrogens with zero attached hydrogens (tertiary/aromatic N) is 2. The van der Waals surface area contributed by atoms with Crippen molar-refractivity contribution in [2.45, 2.75) is 39.0 Å². The molecule has 1 aromatic heterocycles. The Morgan fingerprint density at radius 1 is 1.23 bits per heavy atom. The normalized spacial score (nSPS) is 12.6. The molecule has 9 heteroatoms. The van der Waals surface area contributed by atoms with Gasteiger partial charge in [0, 0.05) is 26.5 Å². The lowest BCUT2D eigenvalue weighted by Crippen LogP contribution is -2.28. The van der Waals surface area contributed by atoms with Crippen molar-refractivity contribution in [3.05, 3.63) is 80.4 Å². The molecule has 0 saturated heterocycles. The monoisotopic (exact) mass is 489 g/mol. The van der Waals surface area contributed by atoms with E-state index in [-0.39, 0.29) is 6.61 Å². The van der Waals surface area contributed by atoms with E-state index in [1.54, 1.807) is 39.1 Å². The topological polar surface area (TPSA) is 95.6 Å². The van der Waals surface area contributed by atoms with Gasteiger partial charge in [0.2, 0.25) is 6.54 Å². The van der Waals surface area contributed by atoms with Crippen molar-refractivity contribution in [3.8, 4) is 0 Å². The molecule has 0 spiro atoms. The lowest BCUT2D eigenvalue weighted by atomic mass is 10.1. The molecule has 3 aromatic rings. The summed E-state index contributed by atoms with van der Waals surface area (Å²) in [7, 11) is 0. The van der Waals surface area contributed by atoms with E-state index in [0.29, 0.717) is 16.5 Å². The Morgan fingerprint density at radius 3 is 2.58 bits per heavy atom. The molecule has 0 saturated carbocycles. The van der Waals surface area contributed by atoms with Crippen LogP contribution in [0, 0.1) is 10.1 Å². The SMILES string of the molecule is CC(C)(C)OC(=O)n1cc(C(C[N+](=O)[O-])NOCc2ccccc2)c2ccc(Br)cc21. The van der Waals surface area contributed by atoms with Crippen molar-refractivity contribution >= 4 is 32.9 Å². The lowest BCUT2D eigenvalue weighted by molar-refractivity contribution is -0.486. The fourth-order valence-corrected chi connectivity index (χ4v) is 3.46. The summed E-state index contributed by atoms with van der Waals surface area (Å²) in [6.07, 6.45) is 1.00. The molecule has 0 fully saturated rings. The molecule has 8 nitrogen and oxygen atoms in total. The average molecular weight is 490 g/mol. The Hall–Kier alpha value is -2.75. The molecule has 0 amide bonds. The van der Waals surface area contributed by atoms with Gasteiger partial charge >= 0.3 is 6.09 Å². The van der Waals surface area contributed by atoms with E-state index in [9.17, 15) is 14.9 Å². The first-order chi connectivity index (χ1) is 14.6. The maximum absolute atomic E-state index is 12.8. The number of carbonyl (C=O) groups excluding carboxylic acids is 1. The average Bonchev–Trinajstić information content (AvgIpc) is 3.05. The summed E-state index contributed by atoms with van der Waals surface area (Å²) in [5.41, 5.74) is 4.19. The van der Waals surface area contributed by atoms with Crippen LogP contribution in [0.5, 0.6) is 0 Å². The van der Waals surface area contributed by atoms with Crippen LogP contribution >= 0.6 is 15.9 Å². The minimum atomic E-state index is -0.772. The van der Waals surface area contributed by atoms with Gasteiger partial charge in [0.15, 0.2) is 0 Å². The summed E-state index contributed by atoms with van der Waals surface area (Å²) < 4.78 is 7.65. The molecule has 164 valence electrons. The van der Waals surface area contributed by atoms with Gasteiger partial charge in [-0.2, -0.15) is 5.48 Å². The molecular weight excluding hydrogens is 466 g/mol. The second-order valence-electron chi connectivity index (χ2n) is 8.06. The number of hydrogen-bond acceptors (Lipinski definition) is 6. The Bertz CT molecular complexity index is 1080. The second kappa shape index (κ2) is 9.59. The summed E-state index contributed by atoms with van der Waals surface area (Å²) in [5.74, 6) is 0. The molecular formula is C22H24BrN3O5. The van der Waals surface area contributed by atoms with Crippen LogP contribution in [0.25, 0.3) is 10.9 Å². The number of carbonyl (C=O) groups is 1. The highest BCUT2D eigenvalue weighted by atomic mass is 79.9. The number of aromatic nitrogens is 1. The third-order valence-corrected chi connectivity index (χ3v) is 4.90. The first kappa shape index (κ1) is 22.9. The van der Waals surface area contributed by atoms with Gasteiger partial charge < -0.3 is 4.74 Å². The summed E-state index contributed by atoms with van der Waals surface area (Å²) in [6.45, 7) is 5.16. The van der Waals surface area contributed by atoms with E-state index in [0.717, 1.165) is 10.0 Å². The largest absolute Gasteiger partial charge is 0.443 e. The zero-order chi connectivity index (χ0) is 22.6. The van der Waals surface area contributed by atoms with Gasteiger partial charge in [-0.05, 0) is 38.5 Å². The molecule has 0 aliphatic carbocycles. The number of hydrogen-bond donors (Lipinski definition) is 1. The van der Waals surface area contributed by atoms with Crippen molar-refractivity contribution in [3.63, 3.8) is 0 Å². The molecule has 0 radical (unpaired) electrons. The summed E-state index contributed by atoms with van der Waals surface area (Å²) in [4.78, 5) is 29.3. The minimum Gasteiger partial charge on any atom is -0.443 e. The Morgan fingerprint density at radius 2 is 1.94 bits per heavy atom. The maximum Gasteiger partial charge on any atom is 0.419 e. The van der Waals surface area contributed by atoms with Crippen molar-refractivity contribution in [1.29, 1.82) is 0 Å². The summed E-state index contributed by atoms with van der Waals surface area (Å²) in [6, 6.07) is 14.1. The summed E-state index contributed by atoms with van der Waals surface area (Å²) in [5, 5.41) is 12.0. The van der Waals surface area contributed by atoms with Gasteiger partial charge in [-0.15, -0.1) is 0 Å². The van der Waals surface area contributed by atoms with E-state index in [1.165, 1.54) is 4.57 Å². The molecule has 1 N–H and O–H groups in total. The van der Waals surface area contributed by atoms with Crippen LogP contribution in [0.4, 0.5) is 4.79 Å². The molecule has 3 rings (SSSR count). The molecule has 0 aliphatic heterocycles. The molecule has 1 atom stereocenters. The lowest BCUT2D eigenvalue weighted by Gasteiger charge is -2.19. The maximum atomic E-state index is 12.8. The minimum absolute atomic E-state index is 0.241. The van der Waals surface area contributed by atoms with Gasteiger partial charge in [0.1, 0.15) is 11.6 Å². The fraction of sp³-hybridized carbons (Fsp3) is 0.318. The molecule has 0 bridgehead atoms. The van der Waals surface area contributed by atoms with E-state index < -0.39 is 29.2 Å². The van der Waals surface area contributed by atoms with E-state index in [1.807, 2.05) is 36.4 Å². The highest BCUT2D eigenvalue weighted by Gasteiger charge is 2.26. The van der Waals surface area contributed by atoms with Gasteiger partial charge in [-0.3, -0.25) is 19.5 Å².